The van der Waals surface area contributed by atoms with Crippen molar-refractivity contribution >= 4 is 23.9 Å². The maximum absolute atomic E-state index is 12.8. The molecular formula is C33H32O10. The quantitative estimate of drug-likeness (QED) is 0.0926. The number of carbonyl (C=O) groups excluding carboxylic acids is 4. The van der Waals surface area contributed by atoms with Gasteiger partial charge in [0.2, 0.25) is 0 Å². The van der Waals surface area contributed by atoms with E-state index in [1.807, 2.05) is 6.92 Å². The number of benzene rings is 3. The van der Waals surface area contributed by atoms with Crippen molar-refractivity contribution in [3.8, 4) is 23.0 Å². The van der Waals surface area contributed by atoms with Gasteiger partial charge in [0.25, 0.3) is 0 Å². The van der Waals surface area contributed by atoms with Gasteiger partial charge in [-0.15, -0.1) is 0 Å². The zero-order valence-electron chi connectivity index (χ0n) is 23.7. The molecule has 3 rings (SSSR count). The first-order valence-corrected chi connectivity index (χ1v) is 13.4. The van der Waals surface area contributed by atoms with Crippen LogP contribution < -0.4 is 18.9 Å². The summed E-state index contributed by atoms with van der Waals surface area (Å²) in [5.41, 5.74) is 1.32. The van der Waals surface area contributed by atoms with Crippen molar-refractivity contribution in [1.29, 1.82) is 0 Å². The summed E-state index contributed by atoms with van der Waals surface area (Å²) in [4.78, 5) is 47.8. The molecule has 0 radical (unpaired) electrons. The highest BCUT2D eigenvalue weighted by atomic mass is 16.6. The van der Waals surface area contributed by atoms with Crippen molar-refractivity contribution < 1.29 is 47.6 Å². The van der Waals surface area contributed by atoms with Crippen LogP contribution in [-0.4, -0.2) is 50.3 Å². The van der Waals surface area contributed by atoms with Gasteiger partial charge in [-0.2, -0.15) is 0 Å². The van der Waals surface area contributed by atoms with E-state index in [4.69, 9.17) is 28.4 Å². The molecule has 0 fully saturated rings. The fourth-order valence-electron chi connectivity index (χ4n) is 3.43. The fourth-order valence-corrected chi connectivity index (χ4v) is 3.43. The molecule has 0 saturated carbocycles. The highest BCUT2D eigenvalue weighted by Crippen LogP contribution is 2.30. The third-order valence-corrected chi connectivity index (χ3v) is 5.62. The summed E-state index contributed by atoms with van der Waals surface area (Å²) in [6, 6.07) is 17.6. The van der Waals surface area contributed by atoms with Gasteiger partial charge in [0.1, 0.15) is 11.5 Å². The largest absolute Gasteiger partial charge is 0.493 e. The highest BCUT2D eigenvalue weighted by molar-refractivity contribution is 5.93. The first-order valence-electron chi connectivity index (χ1n) is 13.4. The second kappa shape index (κ2) is 16.8. The third kappa shape index (κ3) is 10.8. The molecule has 224 valence electrons. The molecule has 0 aliphatic heterocycles. The monoisotopic (exact) mass is 588 g/mol. The van der Waals surface area contributed by atoms with E-state index in [1.54, 1.807) is 66.7 Å². The van der Waals surface area contributed by atoms with E-state index in [0.29, 0.717) is 37.6 Å². The Balaban J connectivity index is 1.53. The average Bonchev–Trinajstić information content (AvgIpc) is 3.02. The van der Waals surface area contributed by atoms with E-state index < -0.39 is 23.9 Å². The minimum atomic E-state index is -0.648. The standard InChI is InChI=1S/C33H32O10/c1-4-30(34)40-20-6-18-38-26-13-9-24(10-14-26)32(36)42-28-17-8-23(3)22-29(28)43-33(37)25-11-15-27(16-12-25)39-19-7-21-41-31(35)5-2/h4-5,8-17,22H,1-2,6-7,18-21H2,3H3. The molecule has 0 aliphatic carbocycles. The summed E-state index contributed by atoms with van der Waals surface area (Å²) in [7, 11) is 0. The van der Waals surface area contributed by atoms with Crippen LogP contribution in [0.4, 0.5) is 0 Å². The van der Waals surface area contributed by atoms with Crippen LogP contribution in [0.15, 0.2) is 92.0 Å². The predicted octanol–water partition coefficient (Wildman–Crippen LogP) is 5.43. The van der Waals surface area contributed by atoms with Crippen molar-refractivity contribution in [2.75, 3.05) is 26.4 Å². The Morgan fingerprint density at radius 3 is 1.49 bits per heavy atom. The molecule has 3 aromatic rings. The lowest BCUT2D eigenvalue weighted by Crippen LogP contribution is -2.13. The van der Waals surface area contributed by atoms with E-state index in [9.17, 15) is 19.2 Å². The molecule has 0 aromatic heterocycles. The minimum Gasteiger partial charge on any atom is -0.493 e. The summed E-state index contributed by atoms with van der Waals surface area (Å²) in [6.07, 6.45) is 3.17. The van der Waals surface area contributed by atoms with Gasteiger partial charge in [0.15, 0.2) is 11.5 Å². The molecule has 0 unspecified atom stereocenters. The predicted molar refractivity (Wildman–Crippen MR) is 157 cm³/mol. The average molecular weight is 589 g/mol. The van der Waals surface area contributed by atoms with E-state index in [-0.39, 0.29) is 35.8 Å². The van der Waals surface area contributed by atoms with Crippen LogP contribution in [0.2, 0.25) is 0 Å². The Kier molecular flexibility index (Phi) is 12.5. The maximum atomic E-state index is 12.8. The molecule has 0 saturated heterocycles. The molecule has 0 atom stereocenters. The van der Waals surface area contributed by atoms with Crippen LogP contribution in [0.1, 0.15) is 39.1 Å². The van der Waals surface area contributed by atoms with Crippen LogP contribution >= 0.6 is 0 Å². The van der Waals surface area contributed by atoms with Gasteiger partial charge in [-0.05, 0) is 73.2 Å². The van der Waals surface area contributed by atoms with Crippen molar-refractivity contribution in [1.82, 2.24) is 0 Å². The van der Waals surface area contributed by atoms with Crippen LogP contribution in [0, 0.1) is 6.92 Å². The molecule has 0 heterocycles. The zero-order valence-corrected chi connectivity index (χ0v) is 23.7. The van der Waals surface area contributed by atoms with Gasteiger partial charge in [0, 0.05) is 25.0 Å². The molecular weight excluding hydrogens is 556 g/mol. The Morgan fingerprint density at radius 2 is 1.05 bits per heavy atom. The Labute approximate surface area is 249 Å². The number of esters is 4. The third-order valence-electron chi connectivity index (χ3n) is 5.62. The fraction of sp³-hybridized carbons (Fsp3) is 0.212. The smallest absolute Gasteiger partial charge is 0.343 e. The first kappa shape index (κ1) is 32.1. The molecule has 0 N–H and O–H groups in total. The van der Waals surface area contributed by atoms with Gasteiger partial charge in [-0.3, -0.25) is 0 Å². The minimum absolute atomic E-state index is 0.0791. The molecule has 0 spiro atoms. The number of hydrogen-bond donors (Lipinski definition) is 0. The van der Waals surface area contributed by atoms with E-state index in [2.05, 4.69) is 13.2 Å². The SMILES string of the molecule is C=CC(=O)OCCCOc1ccc(C(=O)Oc2ccc(C)cc2OC(=O)c2ccc(OCCCOC(=O)C=C)cc2)cc1. The maximum Gasteiger partial charge on any atom is 0.343 e. The summed E-state index contributed by atoms with van der Waals surface area (Å²) in [5.74, 6) is -1.05. The molecule has 10 nitrogen and oxygen atoms in total. The molecule has 0 amide bonds. The molecule has 3 aromatic carbocycles. The van der Waals surface area contributed by atoms with Gasteiger partial charge >= 0.3 is 23.9 Å². The van der Waals surface area contributed by atoms with Crippen molar-refractivity contribution in [3.63, 3.8) is 0 Å². The second-order valence-corrected chi connectivity index (χ2v) is 8.93. The molecule has 10 heteroatoms. The van der Waals surface area contributed by atoms with Gasteiger partial charge in [-0.1, -0.05) is 19.2 Å². The summed E-state index contributed by atoms with van der Waals surface area (Å²) in [6.45, 7) is 9.51. The molecule has 0 aliphatic rings. The zero-order chi connectivity index (χ0) is 31.0. The second-order valence-electron chi connectivity index (χ2n) is 8.93. The normalized spacial score (nSPS) is 10.2. The lowest BCUT2D eigenvalue weighted by atomic mass is 10.2. The Bertz CT molecular complexity index is 1430. The van der Waals surface area contributed by atoms with E-state index >= 15 is 0 Å². The van der Waals surface area contributed by atoms with Crippen molar-refractivity contribution in [2.45, 2.75) is 19.8 Å². The van der Waals surface area contributed by atoms with Crippen molar-refractivity contribution in [3.05, 3.63) is 109 Å². The van der Waals surface area contributed by atoms with Crippen LogP contribution in [0.5, 0.6) is 23.0 Å². The number of ether oxygens (including phenoxy) is 6. The Morgan fingerprint density at radius 1 is 0.605 bits per heavy atom. The highest BCUT2D eigenvalue weighted by Gasteiger charge is 2.17. The van der Waals surface area contributed by atoms with Gasteiger partial charge in [-0.25, -0.2) is 19.2 Å². The van der Waals surface area contributed by atoms with Crippen LogP contribution in [-0.2, 0) is 19.1 Å². The van der Waals surface area contributed by atoms with E-state index in [1.165, 1.54) is 0 Å². The van der Waals surface area contributed by atoms with Gasteiger partial charge < -0.3 is 28.4 Å². The van der Waals surface area contributed by atoms with Crippen molar-refractivity contribution in [2.24, 2.45) is 0 Å². The summed E-state index contributed by atoms with van der Waals surface area (Å²) >= 11 is 0. The summed E-state index contributed by atoms with van der Waals surface area (Å²) in [5, 5.41) is 0. The lowest BCUT2D eigenvalue weighted by Gasteiger charge is -2.12. The Hall–Kier alpha value is -5.38. The number of hydrogen-bond acceptors (Lipinski definition) is 10. The topological polar surface area (TPSA) is 124 Å². The van der Waals surface area contributed by atoms with Gasteiger partial charge in [0.05, 0.1) is 37.6 Å². The number of carbonyl (C=O) groups is 4. The van der Waals surface area contributed by atoms with Crippen LogP contribution in [0.3, 0.4) is 0 Å². The molecule has 0 bridgehead atoms. The molecule has 43 heavy (non-hydrogen) atoms. The first-order chi connectivity index (χ1) is 20.8. The van der Waals surface area contributed by atoms with E-state index in [0.717, 1.165) is 17.7 Å². The lowest BCUT2D eigenvalue weighted by molar-refractivity contribution is -0.138. The number of aryl methyl sites for hydroxylation is 1. The van der Waals surface area contributed by atoms with Crippen LogP contribution in [0.25, 0.3) is 0 Å². The number of rotatable bonds is 16. The summed E-state index contributed by atoms with van der Waals surface area (Å²) < 4.78 is 32.1.